The predicted molar refractivity (Wildman–Crippen MR) is 81.1 cm³/mol. The smallest absolute Gasteiger partial charge is 0.131 e. The minimum Gasteiger partial charge on any atom is -0.310 e. The SMILES string of the molecule is Cc1cc(F)cc(C)c1-c1ccc(CNC2CC2)cc1F. The number of benzene rings is 2. The largest absolute Gasteiger partial charge is 0.310 e. The molecular weight excluding hydrogens is 268 g/mol. The molecule has 1 saturated carbocycles. The molecular formula is C18H19F2N. The van der Waals surface area contributed by atoms with Gasteiger partial charge in [-0.2, -0.15) is 0 Å². The van der Waals surface area contributed by atoms with Crippen molar-refractivity contribution in [1.29, 1.82) is 0 Å². The number of rotatable bonds is 4. The predicted octanol–water partition coefficient (Wildman–Crippen LogP) is 4.50. The van der Waals surface area contributed by atoms with Gasteiger partial charge in [-0.15, -0.1) is 0 Å². The summed E-state index contributed by atoms with van der Waals surface area (Å²) in [5.41, 5.74) is 3.79. The van der Waals surface area contributed by atoms with E-state index >= 15 is 0 Å². The quantitative estimate of drug-likeness (QED) is 0.873. The average molecular weight is 287 g/mol. The lowest BCUT2D eigenvalue weighted by molar-refractivity contribution is 0.619. The van der Waals surface area contributed by atoms with E-state index in [-0.39, 0.29) is 11.6 Å². The van der Waals surface area contributed by atoms with Crippen LogP contribution in [0.2, 0.25) is 0 Å². The maximum Gasteiger partial charge on any atom is 0.131 e. The van der Waals surface area contributed by atoms with Gasteiger partial charge in [-0.1, -0.05) is 12.1 Å². The Morgan fingerprint density at radius 3 is 2.29 bits per heavy atom. The molecule has 0 aliphatic heterocycles. The molecule has 21 heavy (non-hydrogen) atoms. The van der Waals surface area contributed by atoms with Gasteiger partial charge in [0.15, 0.2) is 0 Å². The van der Waals surface area contributed by atoms with Gasteiger partial charge in [0.1, 0.15) is 11.6 Å². The van der Waals surface area contributed by atoms with Gasteiger partial charge in [-0.05, 0) is 67.1 Å². The molecule has 1 aliphatic rings. The van der Waals surface area contributed by atoms with Crippen LogP contribution >= 0.6 is 0 Å². The van der Waals surface area contributed by atoms with Crippen LogP contribution in [0.4, 0.5) is 8.78 Å². The summed E-state index contributed by atoms with van der Waals surface area (Å²) >= 11 is 0. The van der Waals surface area contributed by atoms with Crippen molar-refractivity contribution >= 4 is 0 Å². The average Bonchev–Trinajstić information content (AvgIpc) is 3.21. The highest BCUT2D eigenvalue weighted by molar-refractivity contribution is 5.71. The van der Waals surface area contributed by atoms with Crippen LogP contribution in [0.5, 0.6) is 0 Å². The van der Waals surface area contributed by atoms with Crippen molar-refractivity contribution in [3.63, 3.8) is 0 Å². The van der Waals surface area contributed by atoms with Gasteiger partial charge < -0.3 is 5.32 Å². The summed E-state index contributed by atoms with van der Waals surface area (Å²) in [6.07, 6.45) is 2.43. The summed E-state index contributed by atoms with van der Waals surface area (Å²) in [4.78, 5) is 0. The van der Waals surface area contributed by atoms with Crippen LogP contribution in [-0.2, 0) is 6.54 Å². The first-order chi connectivity index (χ1) is 10.0. The minimum atomic E-state index is -0.278. The first kappa shape index (κ1) is 14.2. The number of nitrogens with one attached hydrogen (secondary N) is 1. The molecule has 3 rings (SSSR count). The van der Waals surface area contributed by atoms with Crippen LogP contribution < -0.4 is 5.32 Å². The zero-order valence-corrected chi connectivity index (χ0v) is 12.3. The highest BCUT2D eigenvalue weighted by Gasteiger charge is 2.20. The maximum atomic E-state index is 14.4. The summed E-state index contributed by atoms with van der Waals surface area (Å²) in [6, 6.07) is 8.82. The first-order valence-electron chi connectivity index (χ1n) is 7.33. The first-order valence-corrected chi connectivity index (χ1v) is 7.33. The molecule has 3 heteroatoms. The van der Waals surface area contributed by atoms with Crippen LogP contribution in [-0.4, -0.2) is 6.04 Å². The summed E-state index contributed by atoms with van der Waals surface area (Å²) < 4.78 is 27.8. The number of hydrogen-bond acceptors (Lipinski definition) is 1. The summed E-state index contributed by atoms with van der Waals surface area (Å²) in [5, 5.41) is 3.37. The fourth-order valence-electron chi connectivity index (χ4n) is 2.76. The van der Waals surface area contributed by atoms with E-state index in [1.165, 1.54) is 25.0 Å². The zero-order valence-electron chi connectivity index (χ0n) is 12.3. The number of aryl methyl sites for hydroxylation is 2. The molecule has 1 fully saturated rings. The lowest BCUT2D eigenvalue weighted by atomic mass is 9.94. The molecule has 1 N–H and O–H groups in total. The molecule has 110 valence electrons. The Morgan fingerprint density at radius 2 is 1.71 bits per heavy atom. The molecule has 0 spiro atoms. The van der Waals surface area contributed by atoms with Crippen molar-refractivity contribution in [2.75, 3.05) is 0 Å². The Hall–Kier alpha value is -1.74. The molecule has 0 atom stereocenters. The molecule has 0 unspecified atom stereocenters. The lowest BCUT2D eigenvalue weighted by Gasteiger charge is -2.13. The molecule has 0 amide bonds. The molecule has 0 heterocycles. The highest BCUT2D eigenvalue weighted by atomic mass is 19.1. The highest BCUT2D eigenvalue weighted by Crippen LogP contribution is 2.31. The van der Waals surface area contributed by atoms with E-state index in [1.807, 2.05) is 19.9 Å². The Kier molecular flexibility index (Phi) is 3.77. The topological polar surface area (TPSA) is 12.0 Å². The molecule has 0 aromatic heterocycles. The molecule has 1 nitrogen and oxygen atoms in total. The Bertz CT molecular complexity index is 652. The molecule has 0 saturated heterocycles. The second-order valence-electron chi connectivity index (χ2n) is 5.88. The second kappa shape index (κ2) is 5.57. The molecule has 2 aromatic rings. The Balaban J connectivity index is 1.91. The maximum absolute atomic E-state index is 14.4. The standard InChI is InChI=1S/C18H19F2N/c1-11-7-14(19)8-12(2)18(11)16-6-3-13(9-17(16)20)10-21-15-4-5-15/h3,6-9,15,21H,4-5,10H2,1-2H3. The van der Waals surface area contributed by atoms with Crippen molar-refractivity contribution in [2.24, 2.45) is 0 Å². The van der Waals surface area contributed by atoms with E-state index < -0.39 is 0 Å². The third-order valence-electron chi connectivity index (χ3n) is 3.97. The van der Waals surface area contributed by atoms with Gasteiger partial charge in [0.25, 0.3) is 0 Å². The molecule has 0 radical (unpaired) electrons. The molecule has 2 aromatic carbocycles. The fraction of sp³-hybridized carbons (Fsp3) is 0.333. The second-order valence-corrected chi connectivity index (χ2v) is 5.88. The van der Waals surface area contributed by atoms with Crippen molar-refractivity contribution in [2.45, 2.75) is 39.3 Å². The van der Waals surface area contributed by atoms with Gasteiger partial charge in [0.05, 0.1) is 0 Å². The van der Waals surface area contributed by atoms with Crippen molar-refractivity contribution < 1.29 is 8.78 Å². The van der Waals surface area contributed by atoms with E-state index in [2.05, 4.69) is 5.32 Å². The van der Waals surface area contributed by atoms with Gasteiger partial charge in [0, 0.05) is 18.2 Å². The zero-order chi connectivity index (χ0) is 15.0. The lowest BCUT2D eigenvalue weighted by Crippen LogP contribution is -2.15. The van der Waals surface area contributed by atoms with Gasteiger partial charge in [-0.25, -0.2) is 8.78 Å². The summed E-state index contributed by atoms with van der Waals surface area (Å²) in [5.74, 6) is -0.526. The van der Waals surface area contributed by atoms with E-state index in [0.717, 1.165) is 22.3 Å². The van der Waals surface area contributed by atoms with Crippen molar-refractivity contribution in [3.8, 4) is 11.1 Å². The monoisotopic (exact) mass is 287 g/mol. The fourth-order valence-corrected chi connectivity index (χ4v) is 2.76. The third-order valence-corrected chi connectivity index (χ3v) is 3.97. The van der Waals surface area contributed by atoms with E-state index in [9.17, 15) is 8.78 Å². The molecule has 1 aliphatic carbocycles. The van der Waals surface area contributed by atoms with Crippen LogP contribution in [0.25, 0.3) is 11.1 Å². The van der Waals surface area contributed by atoms with Crippen LogP contribution in [0.1, 0.15) is 29.5 Å². The number of halogens is 2. The Labute approximate surface area is 124 Å². The van der Waals surface area contributed by atoms with Crippen molar-refractivity contribution in [1.82, 2.24) is 5.32 Å². The minimum absolute atomic E-state index is 0.247. The van der Waals surface area contributed by atoms with Crippen LogP contribution in [0, 0.1) is 25.5 Å². The van der Waals surface area contributed by atoms with E-state index in [0.29, 0.717) is 18.2 Å². The van der Waals surface area contributed by atoms with Gasteiger partial charge >= 0.3 is 0 Å². The Morgan fingerprint density at radius 1 is 1.05 bits per heavy atom. The van der Waals surface area contributed by atoms with Crippen LogP contribution in [0.15, 0.2) is 30.3 Å². The molecule has 0 bridgehead atoms. The summed E-state index contributed by atoms with van der Waals surface area (Å²) in [6.45, 7) is 4.32. The summed E-state index contributed by atoms with van der Waals surface area (Å²) in [7, 11) is 0. The van der Waals surface area contributed by atoms with E-state index in [1.54, 1.807) is 12.1 Å². The third kappa shape index (κ3) is 3.13. The number of hydrogen-bond donors (Lipinski definition) is 1. The van der Waals surface area contributed by atoms with E-state index in [4.69, 9.17) is 0 Å². The van der Waals surface area contributed by atoms with Gasteiger partial charge in [0.2, 0.25) is 0 Å². The normalized spacial score (nSPS) is 14.5. The van der Waals surface area contributed by atoms with Crippen molar-refractivity contribution in [3.05, 3.63) is 58.7 Å². The van der Waals surface area contributed by atoms with Gasteiger partial charge in [-0.3, -0.25) is 0 Å². The van der Waals surface area contributed by atoms with Crippen LogP contribution in [0.3, 0.4) is 0 Å².